The maximum absolute atomic E-state index is 12.8. The molecule has 1 unspecified atom stereocenters. The minimum Gasteiger partial charge on any atom is -0.479 e. The molecule has 184 valence electrons. The van der Waals surface area contributed by atoms with Gasteiger partial charge >= 0.3 is 12.1 Å². The van der Waals surface area contributed by atoms with Crippen molar-refractivity contribution in [3.63, 3.8) is 0 Å². The minimum atomic E-state index is -0.960. The maximum atomic E-state index is 12.8. The number of fused-ring (bicyclic) bond motifs is 4. The first-order valence-electron chi connectivity index (χ1n) is 12.5. The lowest BCUT2D eigenvalue weighted by molar-refractivity contribution is -0.154. The average molecular weight is 477 g/mol. The van der Waals surface area contributed by atoms with Gasteiger partial charge in [-0.2, -0.15) is 0 Å². The molecule has 7 heteroatoms. The van der Waals surface area contributed by atoms with Crippen LogP contribution in [-0.4, -0.2) is 53.2 Å². The highest BCUT2D eigenvalue weighted by Gasteiger charge is 2.66. The predicted octanol–water partition coefficient (Wildman–Crippen LogP) is 4.41. The molecule has 1 aliphatic heterocycles. The second-order valence-corrected chi connectivity index (χ2v) is 10.2. The SMILES string of the molecule is CC(CCC(=O)N1CCC[C@@H]2C[C@@]21C(=O)O)CNC(=O)OCC1c2ccccc2-c2ccccc21. The largest absolute Gasteiger partial charge is 0.479 e. The second kappa shape index (κ2) is 9.36. The standard InChI is InChI=1S/C28H32N2O5/c1-18(12-13-25(31)30-14-6-7-19-15-28(19,30)26(32)33)16-29-27(34)35-17-24-22-10-4-2-8-20(22)21-9-3-5-11-23(21)24/h2-5,8-11,18-19,24H,6-7,12-17H2,1H3,(H,29,34)(H,32,33)/t18?,19-,28+/m1/s1. The van der Waals surface area contributed by atoms with Gasteiger partial charge in [-0.25, -0.2) is 9.59 Å². The molecule has 2 amide bonds. The lowest BCUT2D eigenvalue weighted by Gasteiger charge is -2.34. The van der Waals surface area contributed by atoms with Crippen LogP contribution < -0.4 is 5.32 Å². The molecule has 3 aliphatic rings. The number of rotatable bonds is 8. The van der Waals surface area contributed by atoms with Crippen molar-refractivity contribution >= 4 is 18.0 Å². The number of benzene rings is 2. The molecule has 2 N–H and O–H groups in total. The van der Waals surface area contributed by atoms with Crippen molar-refractivity contribution in [1.29, 1.82) is 0 Å². The number of carbonyl (C=O) groups is 3. The summed E-state index contributed by atoms with van der Waals surface area (Å²) < 4.78 is 5.58. The summed E-state index contributed by atoms with van der Waals surface area (Å²) in [5.41, 5.74) is 3.75. The Bertz CT molecular complexity index is 1100. The molecule has 0 radical (unpaired) electrons. The quantitative estimate of drug-likeness (QED) is 0.589. The Morgan fingerprint density at radius 3 is 2.43 bits per heavy atom. The number of carboxylic acids is 1. The third kappa shape index (κ3) is 4.28. The van der Waals surface area contributed by atoms with Gasteiger partial charge in [0.25, 0.3) is 0 Å². The number of nitrogens with zero attached hydrogens (tertiary/aromatic N) is 1. The first-order chi connectivity index (χ1) is 16.9. The van der Waals surface area contributed by atoms with E-state index >= 15 is 0 Å². The van der Waals surface area contributed by atoms with Crippen molar-refractivity contribution in [2.45, 2.75) is 50.5 Å². The van der Waals surface area contributed by atoms with E-state index in [4.69, 9.17) is 4.74 Å². The van der Waals surface area contributed by atoms with E-state index in [-0.39, 0.29) is 36.7 Å². The number of piperidine rings is 1. The lowest BCUT2D eigenvalue weighted by Crippen LogP contribution is -2.51. The highest BCUT2D eigenvalue weighted by atomic mass is 16.5. The predicted molar refractivity (Wildman–Crippen MR) is 131 cm³/mol. The van der Waals surface area contributed by atoms with Crippen LogP contribution in [0.2, 0.25) is 0 Å². The number of hydrogen-bond acceptors (Lipinski definition) is 4. The van der Waals surface area contributed by atoms with E-state index in [9.17, 15) is 19.5 Å². The second-order valence-electron chi connectivity index (χ2n) is 10.2. The van der Waals surface area contributed by atoms with E-state index in [1.807, 2.05) is 31.2 Å². The van der Waals surface area contributed by atoms with Crippen LogP contribution >= 0.6 is 0 Å². The summed E-state index contributed by atoms with van der Waals surface area (Å²) in [7, 11) is 0. The Morgan fingerprint density at radius 1 is 1.11 bits per heavy atom. The van der Waals surface area contributed by atoms with E-state index in [0.29, 0.717) is 25.9 Å². The topological polar surface area (TPSA) is 95.9 Å². The number of amides is 2. The van der Waals surface area contributed by atoms with E-state index in [1.165, 1.54) is 22.3 Å². The van der Waals surface area contributed by atoms with Crippen LogP contribution in [0, 0.1) is 11.8 Å². The van der Waals surface area contributed by atoms with Crippen LogP contribution in [0.5, 0.6) is 0 Å². The molecule has 1 saturated carbocycles. The number of likely N-dealkylation sites (tertiary alicyclic amines) is 1. The molecular weight excluding hydrogens is 444 g/mol. The smallest absolute Gasteiger partial charge is 0.407 e. The number of carboxylic acid groups (broad SMARTS) is 1. The molecule has 2 aliphatic carbocycles. The van der Waals surface area contributed by atoms with Crippen LogP contribution in [0.4, 0.5) is 4.79 Å². The summed E-state index contributed by atoms with van der Waals surface area (Å²) in [6.07, 6.45) is 2.73. The summed E-state index contributed by atoms with van der Waals surface area (Å²) in [6, 6.07) is 16.4. The molecule has 2 aromatic rings. The molecule has 1 saturated heterocycles. The van der Waals surface area contributed by atoms with Gasteiger partial charge in [0.15, 0.2) is 0 Å². The zero-order chi connectivity index (χ0) is 24.6. The molecule has 3 atom stereocenters. The third-order valence-electron chi connectivity index (χ3n) is 7.95. The number of alkyl carbamates (subject to hydrolysis) is 1. The fourth-order valence-corrected chi connectivity index (χ4v) is 5.92. The Morgan fingerprint density at radius 2 is 1.77 bits per heavy atom. The van der Waals surface area contributed by atoms with Gasteiger partial charge in [0.1, 0.15) is 12.1 Å². The third-order valence-corrected chi connectivity index (χ3v) is 7.95. The van der Waals surface area contributed by atoms with Crippen molar-refractivity contribution in [3.8, 4) is 11.1 Å². The van der Waals surface area contributed by atoms with Crippen molar-refractivity contribution in [3.05, 3.63) is 59.7 Å². The molecule has 2 fully saturated rings. The molecule has 5 rings (SSSR count). The number of nitrogens with one attached hydrogen (secondary N) is 1. The van der Waals surface area contributed by atoms with Crippen LogP contribution in [-0.2, 0) is 14.3 Å². The molecule has 0 aromatic heterocycles. The fourth-order valence-electron chi connectivity index (χ4n) is 5.92. The van der Waals surface area contributed by atoms with Gasteiger partial charge in [0.05, 0.1) is 0 Å². The van der Waals surface area contributed by atoms with E-state index in [2.05, 4.69) is 29.6 Å². The van der Waals surface area contributed by atoms with E-state index in [0.717, 1.165) is 12.8 Å². The van der Waals surface area contributed by atoms with E-state index in [1.54, 1.807) is 4.90 Å². The number of aliphatic carboxylic acids is 1. The van der Waals surface area contributed by atoms with Gasteiger partial charge in [-0.05, 0) is 59.8 Å². The van der Waals surface area contributed by atoms with Crippen LogP contribution in [0.15, 0.2) is 48.5 Å². The van der Waals surface area contributed by atoms with Gasteiger partial charge in [-0.15, -0.1) is 0 Å². The zero-order valence-corrected chi connectivity index (χ0v) is 20.0. The number of hydrogen-bond donors (Lipinski definition) is 2. The average Bonchev–Trinajstić information content (AvgIpc) is 3.55. The molecule has 1 heterocycles. The Balaban J connectivity index is 1.08. The van der Waals surface area contributed by atoms with Gasteiger partial charge in [-0.1, -0.05) is 55.5 Å². The van der Waals surface area contributed by atoms with E-state index < -0.39 is 17.6 Å². The normalized spacial score (nSPS) is 23.0. The summed E-state index contributed by atoms with van der Waals surface area (Å²) >= 11 is 0. The van der Waals surface area contributed by atoms with Crippen molar-refractivity contribution in [2.75, 3.05) is 19.7 Å². The van der Waals surface area contributed by atoms with Crippen molar-refractivity contribution in [2.24, 2.45) is 11.8 Å². The molecule has 7 nitrogen and oxygen atoms in total. The summed E-state index contributed by atoms with van der Waals surface area (Å²) in [5.74, 6) is -0.783. The lowest BCUT2D eigenvalue weighted by atomic mass is 9.98. The van der Waals surface area contributed by atoms with Gasteiger partial charge in [0.2, 0.25) is 5.91 Å². The number of carbonyl (C=O) groups excluding carboxylic acids is 2. The minimum absolute atomic E-state index is 0.0144. The van der Waals surface area contributed by atoms with Gasteiger partial charge < -0.3 is 20.1 Å². The van der Waals surface area contributed by atoms with Crippen molar-refractivity contribution < 1.29 is 24.2 Å². The maximum Gasteiger partial charge on any atom is 0.407 e. The Labute approximate surface area is 205 Å². The first kappa shape index (κ1) is 23.4. The molecule has 2 aromatic carbocycles. The first-order valence-corrected chi connectivity index (χ1v) is 12.5. The van der Waals surface area contributed by atoms with Crippen LogP contribution in [0.3, 0.4) is 0 Å². The van der Waals surface area contributed by atoms with Crippen molar-refractivity contribution in [1.82, 2.24) is 10.2 Å². The Hall–Kier alpha value is -3.35. The highest BCUT2D eigenvalue weighted by Crippen LogP contribution is 2.54. The molecule has 0 bridgehead atoms. The zero-order valence-electron chi connectivity index (χ0n) is 20.0. The molecular formula is C28H32N2O5. The molecule has 35 heavy (non-hydrogen) atoms. The summed E-state index contributed by atoms with van der Waals surface area (Å²) in [4.78, 5) is 38.6. The van der Waals surface area contributed by atoms with Crippen LogP contribution in [0.25, 0.3) is 11.1 Å². The monoisotopic (exact) mass is 476 g/mol. The fraction of sp³-hybridized carbons (Fsp3) is 0.464. The molecule has 0 spiro atoms. The summed E-state index contributed by atoms with van der Waals surface area (Å²) in [5, 5.41) is 12.5. The summed E-state index contributed by atoms with van der Waals surface area (Å²) in [6.45, 7) is 3.16. The highest BCUT2D eigenvalue weighted by molar-refractivity contribution is 5.90. The Kier molecular flexibility index (Phi) is 6.26. The van der Waals surface area contributed by atoms with Crippen LogP contribution in [0.1, 0.15) is 56.1 Å². The number of ether oxygens (including phenoxy) is 1. The van der Waals surface area contributed by atoms with Gasteiger partial charge in [0, 0.05) is 25.4 Å². The van der Waals surface area contributed by atoms with Gasteiger partial charge in [-0.3, -0.25) is 4.79 Å².